The highest BCUT2D eigenvalue weighted by molar-refractivity contribution is 7.92. The molecular weight excluding hydrogens is 294 g/mol. The Balaban J connectivity index is 2.21. The molecule has 4 N–H and O–H groups in total. The van der Waals surface area contributed by atoms with E-state index in [-0.39, 0.29) is 18.0 Å². The molecular formula is C13H15N3O4S. The highest BCUT2D eigenvalue weighted by atomic mass is 32.2. The summed E-state index contributed by atoms with van der Waals surface area (Å²) in [6.07, 6.45) is 1.03. The molecule has 7 nitrogen and oxygen atoms in total. The summed E-state index contributed by atoms with van der Waals surface area (Å²) in [5, 5.41) is 2.59. The van der Waals surface area contributed by atoms with Crippen molar-refractivity contribution < 1.29 is 17.6 Å². The summed E-state index contributed by atoms with van der Waals surface area (Å²) in [5.41, 5.74) is 6.02. The molecule has 0 aliphatic rings. The van der Waals surface area contributed by atoms with Crippen molar-refractivity contribution in [2.24, 2.45) is 5.73 Å². The molecule has 0 fully saturated rings. The molecule has 8 heteroatoms. The predicted molar refractivity (Wildman–Crippen MR) is 79.5 cm³/mol. The second kappa shape index (κ2) is 5.98. The number of hydrogen-bond acceptors (Lipinski definition) is 5. The lowest BCUT2D eigenvalue weighted by Gasteiger charge is -2.10. The number of carbonyl (C=O) groups is 1. The van der Waals surface area contributed by atoms with Gasteiger partial charge in [-0.1, -0.05) is 12.1 Å². The van der Waals surface area contributed by atoms with Gasteiger partial charge in [-0.25, -0.2) is 8.42 Å². The Morgan fingerprint density at radius 2 is 1.86 bits per heavy atom. The van der Waals surface area contributed by atoms with Gasteiger partial charge >= 0.3 is 0 Å². The van der Waals surface area contributed by atoms with Gasteiger partial charge in [0.2, 0.25) is 10.0 Å². The van der Waals surface area contributed by atoms with Gasteiger partial charge in [-0.3, -0.25) is 9.52 Å². The van der Waals surface area contributed by atoms with E-state index in [1.807, 2.05) is 0 Å². The topological polar surface area (TPSA) is 114 Å². The van der Waals surface area contributed by atoms with Crippen LogP contribution in [0.4, 0.5) is 11.4 Å². The van der Waals surface area contributed by atoms with Gasteiger partial charge in [0.1, 0.15) is 5.76 Å². The van der Waals surface area contributed by atoms with Gasteiger partial charge in [0.15, 0.2) is 5.76 Å². The molecule has 0 saturated carbocycles. The predicted octanol–water partition coefficient (Wildman–Crippen LogP) is 1.36. The van der Waals surface area contributed by atoms with Crippen molar-refractivity contribution in [1.29, 1.82) is 0 Å². The first-order valence-corrected chi connectivity index (χ1v) is 7.95. The quantitative estimate of drug-likeness (QED) is 0.771. The SMILES string of the molecule is CS(=O)(=O)Nc1ccccc1NC(=O)c1ccc(CN)o1. The minimum Gasteiger partial charge on any atom is -0.455 e. The number of furan rings is 1. The maximum atomic E-state index is 12.0. The van der Waals surface area contributed by atoms with E-state index in [1.165, 1.54) is 6.07 Å². The summed E-state index contributed by atoms with van der Waals surface area (Å²) < 4.78 is 30.2. The lowest BCUT2D eigenvalue weighted by Crippen LogP contribution is -2.15. The summed E-state index contributed by atoms with van der Waals surface area (Å²) in [6, 6.07) is 9.57. The minimum atomic E-state index is -3.44. The first-order chi connectivity index (χ1) is 9.89. The van der Waals surface area contributed by atoms with Crippen LogP contribution < -0.4 is 15.8 Å². The lowest BCUT2D eigenvalue weighted by atomic mass is 10.2. The number of nitrogens with two attached hydrogens (primary N) is 1. The minimum absolute atomic E-state index is 0.101. The molecule has 0 spiro atoms. The van der Waals surface area contributed by atoms with Gasteiger partial charge in [0.05, 0.1) is 24.2 Å². The molecule has 1 aromatic carbocycles. The van der Waals surface area contributed by atoms with Crippen LogP contribution in [0.2, 0.25) is 0 Å². The van der Waals surface area contributed by atoms with E-state index in [1.54, 1.807) is 30.3 Å². The van der Waals surface area contributed by atoms with Gasteiger partial charge in [-0.15, -0.1) is 0 Å². The van der Waals surface area contributed by atoms with Crippen molar-refractivity contribution in [3.05, 3.63) is 47.9 Å². The molecule has 21 heavy (non-hydrogen) atoms. The summed E-state index contributed by atoms with van der Waals surface area (Å²) in [5.74, 6) is 0.102. The molecule has 1 amide bonds. The van der Waals surface area contributed by atoms with Crippen LogP contribution in [0.15, 0.2) is 40.8 Å². The van der Waals surface area contributed by atoms with Crippen LogP contribution in [-0.4, -0.2) is 20.6 Å². The number of sulfonamides is 1. The number of hydrogen-bond donors (Lipinski definition) is 3. The second-order valence-corrected chi connectivity index (χ2v) is 6.09. The molecule has 1 aromatic heterocycles. The van der Waals surface area contributed by atoms with Gasteiger partial charge in [0.25, 0.3) is 5.91 Å². The van der Waals surface area contributed by atoms with Crippen molar-refractivity contribution in [3.63, 3.8) is 0 Å². The van der Waals surface area contributed by atoms with Crippen molar-refractivity contribution in [3.8, 4) is 0 Å². The van der Waals surface area contributed by atoms with Gasteiger partial charge < -0.3 is 15.5 Å². The van der Waals surface area contributed by atoms with E-state index in [9.17, 15) is 13.2 Å². The maximum Gasteiger partial charge on any atom is 0.291 e. The molecule has 112 valence electrons. The fraction of sp³-hybridized carbons (Fsp3) is 0.154. The molecule has 0 aliphatic heterocycles. The summed E-state index contributed by atoms with van der Waals surface area (Å²) in [6.45, 7) is 0.194. The molecule has 0 unspecified atom stereocenters. The summed E-state index contributed by atoms with van der Waals surface area (Å²) in [4.78, 5) is 12.0. The van der Waals surface area contributed by atoms with Gasteiger partial charge in [-0.05, 0) is 24.3 Å². The number of anilines is 2. The Bertz CT molecular complexity index is 752. The van der Waals surface area contributed by atoms with Crippen molar-refractivity contribution >= 4 is 27.3 Å². The van der Waals surface area contributed by atoms with Crippen LogP contribution in [0.3, 0.4) is 0 Å². The smallest absolute Gasteiger partial charge is 0.291 e. The molecule has 0 aliphatic carbocycles. The zero-order chi connectivity index (χ0) is 15.5. The first-order valence-electron chi connectivity index (χ1n) is 6.06. The summed E-state index contributed by atoms with van der Waals surface area (Å²) >= 11 is 0. The Hall–Kier alpha value is -2.32. The molecule has 0 radical (unpaired) electrons. The van der Waals surface area contributed by atoms with E-state index in [2.05, 4.69) is 10.0 Å². The number of rotatable bonds is 5. The van der Waals surface area contributed by atoms with E-state index >= 15 is 0 Å². The number of nitrogens with one attached hydrogen (secondary N) is 2. The fourth-order valence-corrected chi connectivity index (χ4v) is 2.25. The maximum absolute atomic E-state index is 12.0. The molecule has 0 atom stereocenters. The largest absolute Gasteiger partial charge is 0.455 e. The Morgan fingerprint density at radius 1 is 1.19 bits per heavy atom. The average Bonchev–Trinajstić information content (AvgIpc) is 2.88. The van der Waals surface area contributed by atoms with Crippen LogP contribution in [0, 0.1) is 0 Å². The normalized spacial score (nSPS) is 11.1. The molecule has 1 heterocycles. The van der Waals surface area contributed by atoms with E-state index < -0.39 is 15.9 Å². The molecule has 2 rings (SSSR count). The highest BCUT2D eigenvalue weighted by Crippen LogP contribution is 2.22. The zero-order valence-electron chi connectivity index (χ0n) is 11.3. The van der Waals surface area contributed by atoms with Gasteiger partial charge in [0, 0.05) is 0 Å². The monoisotopic (exact) mass is 309 g/mol. The number of amides is 1. The van der Waals surface area contributed by atoms with Crippen LogP contribution in [0.5, 0.6) is 0 Å². The average molecular weight is 309 g/mol. The third-order valence-corrected chi connectivity index (χ3v) is 3.15. The third-order valence-electron chi connectivity index (χ3n) is 2.56. The molecule has 0 saturated heterocycles. The lowest BCUT2D eigenvalue weighted by molar-refractivity contribution is 0.0995. The molecule has 2 aromatic rings. The third kappa shape index (κ3) is 4.07. The number of carbonyl (C=O) groups excluding carboxylic acids is 1. The Morgan fingerprint density at radius 3 is 2.43 bits per heavy atom. The standard InChI is InChI=1S/C13H15N3O4S/c1-21(18,19)16-11-5-3-2-4-10(11)15-13(17)12-7-6-9(8-14)20-12/h2-7,16H,8,14H2,1H3,(H,15,17). The first kappa shape index (κ1) is 15.1. The number of benzene rings is 1. The van der Waals surface area contributed by atoms with Gasteiger partial charge in [-0.2, -0.15) is 0 Å². The van der Waals surface area contributed by atoms with E-state index in [4.69, 9.17) is 10.2 Å². The Labute approximate surface area is 122 Å². The van der Waals surface area contributed by atoms with Crippen molar-refractivity contribution in [1.82, 2.24) is 0 Å². The second-order valence-electron chi connectivity index (χ2n) is 4.34. The number of para-hydroxylation sites is 2. The molecule has 0 bridgehead atoms. The van der Waals surface area contributed by atoms with E-state index in [0.717, 1.165) is 6.26 Å². The fourth-order valence-electron chi connectivity index (χ4n) is 1.67. The van der Waals surface area contributed by atoms with Crippen LogP contribution >= 0.6 is 0 Å². The van der Waals surface area contributed by atoms with E-state index in [0.29, 0.717) is 11.4 Å². The summed E-state index contributed by atoms with van der Waals surface area (Å²) in [7, 11) is -3.44. The Kier molecular flexibility index (Phi) is 4.29. The van der Waals surface area contributed by atoms with Crippen LogP contribution in [0.25, 0.3) is 0 Å². The van der Waals surface area contributed by atoms with Crippen molar-refractivity contribution in [2.45, 2.75) is 6.54 Å². The van der Waals surface area contributed by atoms with Crippen LogP contribution in [-0.2, 0) is 16.6 Å². The zero-order valence-corrected chi connectivity index (χ0v) is 12.1. The van der Waals surface area contributed by atoms with Crippen molar-refractivity contribution in [2.75, 3.05) is 16.3 Å². The highest BCUT2D eigenvalue weighted by Gasteiger charge is 2.14. The van der Waals surface area contributed by atoms with Crippen LogP contribution in [0.1, 0.15) is 16.3 Å².